The van der Waals surface area contributed by atoms with Crippen LogP contribution in [-0.2, 0) is 4.79 Å². The third-order valence-electron chi connectivity index (χ3n) is 1.51. The second kappa shape index (κ2) is 2.33. The number of carbonyl (C=O) groups is 1. The van der Waals surface area contributed by atoms with E-state index < -0.39 is 0 Å². The molecule has 2 atom stereocenters. The van der Waals surface area contributed by atoms with E-state index in [9.17, 15) is 4.79 Å². The Morgan fingerprint density at radius 2 is 2.33 bits per heavy atom. The lowest BCUT2D eigenvalue weighted by Crippen LogP contribution is -2.36. The van der Waals surface area contributed by atoms with Gasteiger partial charge in [0.15, 0.2) is 0 Å². The maximum atomic E-state index is 10.5. The van der Waals surface area contributed by atoms with Gasteiger partial charge in [-0.2, -0.15) is 0 Å². The van der Waals surface area contributed by atoms with Crippen molar-refractivity contribution in [1.29, 1.82) is 0 Å². The number of primary amides is 1. The molecule has 0 radical (unpaired) electrons. The molecule has 9 heavy (non-hydrogen) atoms. The lowest BCUT2D eigenvalue weighted by molar-refractivity contribution is -0.119. The maximum Gasteiger partial charge on any atom is 0.234 e. The molecular formula is C5H11N3O. The molecule has 4 nitrogen and oxygen atoms in total. The van der Waals surface area contributed by atoms with Gasteiger partial charge in [-0.05, 0) is 6.42 Å². The average Bonchev–Trinajstić information content (AvgIpc) is 2.14. The Kier molecular flexibility index (Phi) is 1.68. The summed E-state index contributed by atoms with van der Waals surface area (Å²) in [7, 11) is 0. The van der Waals surface area contributed by atoms with Crippen LogP contribution in [0.1, 0.15) is 6.42 Å². The van der Waals surface area contributed by atoms with Gasteiger partial charge in [-0.1, -0.05) is 0 Å². The van der Waals surface area contributed by atoms with Crippen LogP contribution in [0.4, 0.5) is 0 Å². The fourth-order valence-electron chi connectivity index (χ4n) is 0.980. The van der Waals surface area contributed by atoms with Crippen LogP contribution in [-0.4, -0.2) is 24.5 Å². The van der Waals surface area contributed by atoms with Gasteiger partial charge in [0.25, 0.3) is 0 Å². The summed E-state index contributed by atoms with van der Waals surface area (Å²) in [6, 6.07) is -0.0949. The molecule has 0 bridgehead atoms. The minimum atomic E-state index is -0.303. The first kappa shape index (κ1) is 6.51. The van der Waals surface area contributed by atoms with Crippen molar-refractivity contribution < 1.29 is 4.79 Å². The van der Waals surface area contributed by atoms with Crippen molar-refractivity contribution in [3.63, 3.8) is 0 Å². The predicted octanol–water partition coefficient (Wildman–Crippen LogP) is -1.84. The molecule has 1 heterocycles. The molecule has 1 amide bonds. The third kappa shape index (κ3) is 1.40. The fourth-order valence-corrected chi connectivity index (χ4v) is 0.980. The van der Waals surface area contributed by atoms with E-state index in [1.54, 1.807) is 0 Å². The predicted molar refractivity (Wildman–Crippen MR) is 33.6 cm³/mol. The summed E-state index contributed by atoms with van der Waals surface area (Å²) in [6.45, 7) is 0.702. The van der Waals surface area contributed by atoms with E-state index in [0.29, 0.717) is 13.0 Å². The standard InChI is InChI=1S/C5H11N3O/c6-3-1-4(5(7)9)8-2-3/h3-4,8H,1-2,6H2,(H2,7,9). The zero-order valence-corrected chi connectivity index (χ0v) is 5.13. The van der Waals surface area contributed by atoms with Crippen molar-refractivity contribution >= 4 is 5.91 Å². The van der Waals surface area contributed by atoms with Gasteiger partial charge in [-0.3, -0.25) is 4.79 Å². The number of carbonyl (C=O) groups excluding carboxylic acids is 1. The highest BCUT2D eigenvalue weighted by Gasteiger charge is 2.24. The van der Waals surface area contributed by atoms with Crippen LogP contribution in [0.2, 0.25) is 0 Å². The van der Waals surface area contributed by atoms with E-state index >= 15 is 0 Å². The summed E-state index contributed by atoms with van der Waals surface area (Å²) in [6.07, 6.45) is 0.676. The van der Waals surface area contributed by atoms with Gasteiger partial charge in [0.2, 0.25) is 5.91 Å². The Morgan fingerprint density at radius 1 is 1.67 bits per heavy atom. The summed E-state index contributed by atoms with van der Waals surface area (Å²) in [5.41, 5.74) is 10.5. The van der Waals surface area contributed by atoms with Crippen LogP contribution >= 0.6 is 0 Å². The van der Waals surface area contributed by atoms with Gasteiger partial charge in [0.05, 0.1) is 6.04 Å². The fraction of sp³-hybridized carbons (Fsp3) is 0.800. The van der Waals surface area contributed by atoms with Gasteiger partial charge < -0.3 is 16.8 Å². The first-order valence-electron chi connectivity index (χ1n) is 2.98. The zero-order chi connectivity index (χ0) is 6.85. The third-order valence-corrected chi connectivity index (χ3v) is 1.51. The SMILES string of the molecule is NC(=O)C1CC(N)CN1. The van der Waals surface area contributed by atoms with E-state index in [1.807, 2.05) is 0 Å². The number of rotatable bonds is 1. The molecule has 0 aromatic carbocycles. The first-order valence-corrected chi connectivity index (χ1v) is 2.98. The Labute approximate surface area is 53.6 Å². The van der Waals surface area contributed by atoms with Crippen LogP contribution in [0.15, 0.2) is 0 Å². The summed E-state index contributed by atoms with van der Waals surface area (Å²) in [5.74, 6) is -0.303. The van der Waals surface area contributed by atoms with Gasteiger partial charge in [0, 0.05) is 12.6 Å². The topological polar surface area (TPSA) is 81.1 Å². The van der Waals surface area contributed by atoms with E-state index in [-0.39, 0.29) is 18.0 Å². The number of nitrogens with one attached hydrogen (secondary N) is 1. The molecule has 2 unspecified atom stereocenters. The zero-order valence-electron chi connectivity index (χ0n) is 5.13. The molecule has 0 aromatic rings. The molecule has 0 spiro atoms. The highest BCUT2D eigenvalue weighted by Crippen LogP contribution is 2.02. The van der Waals surface area contributed by atoms with Crippen molar-refractivity contribution in [3.8, 4) is 0 Å². The van der Waals surface area contributed by atoms with Crippen molar-refractivity contribution in [2.45, 2.75) is 18.5 Å². The molecule has 0 aromatic heterocycles. The number of hydrogen-bond acceptors (Lipinski definition) is 3. The molecule has 1 fully saturated rings. The van der Waals surface area contributed by atoms with Crippen LogP contribution < -0.4 is 16.8 Å². The normalized spacial score (nSPS) is 34.8. The van der Waals surface area contributed by atoms with Crippen molar-refractivity contribution in [3.05, 3.63) is 0 Å². The Morgan fingerprint density at radius 3 is 2.56 bits per heavy atom. The highest BCUT2D eigenvalue weighted by atomic mass is 16.1. The van der Waals surface area contributed by atoms with Crippen LogP contribution in [0.3, 0.4) is 0 Å². The second-order valence-electron chi connectivity index (χ2n) is 2.36. The monoisotopic (exact) mass is 129 g/mol. The van der Waals surface area contributed by atoms with Crippen LogP contribution in [0.25, 0.3) is 0 Å². The van der Waals surface area contributed by atoms with Gasteiger partial charge in [-0.25, -0.2) is 0 Å². The van der Waals surface area contributed by atoms with Crippen LogP contribution in [0.5, 0.6) is 0 Å². The van der Waals surface area contributed by atoms with Gasteiger partial charge in [0.1, 0.15) is 0 Å². The molecule has 1 aliphatic rings. The van der Waals surface area contributed by atoms with Crippen LogP contribution in [0, 0.1) is 0 Å². The molecule has 4 heteroatoms. The molecule has 0 saturated carbocycles. The minimum absolute atomic E-state index is 0.0995. The van der Waals surface area contributed by atoms with E-state index in [4.69, 9.17) is 11.5 Å². The first-order chi connectivity index (χ1) is 4.20. The Balaban J connectivity index is 2.39. The lowest BCUT2D eigenvalue weighted by Gasteiger charge is -2.01. The van der Waals surface area contributed by atoms with Gasteiger partial charge >= 0.3 is 0 Å². The summed E-state index contributed by atoms with van der Waals surface area (Å²) in [5, 5.41) is 2.91. The number of nitrogens with two attached hydrogens (primary N) is 2. The van der Waals surface area contributed by atoms with E-state index in [0.717, 1.165) is 0 Å². The molecular weight excluding hydrogens is 118 g/mol. The van der Waals surface area contributed by atoms with Gasteiger partial charge in [-0.15, -0.1) is 0 Å². The molecule has 5 N–H and O–H groups in total. The summed E-state index contributed by atoms with van der Waals surface area (Å²) < 4.78 is 0. The smallest absolute Gasteiger partial charge is 0.234 e. The van der Waals surface area contributed by atoms with Crippen molar-refractivity contribution in [1.82, 2.24) is 5.32 Å². The highest BCUT2D eigenvalue weighted by molar-refractivity contribution is 5.80. The van der Waals surface area contributed by atoms with Crippen molar-refractivity contribution in [2.75, 3.05) is 6.54 Å². The number of hydrogen-bond donors (Lipinski definition) is 3. The quantitative estimate of drug-likeness (QED) is 0.389. The largest absolute Gasteiger partial charge is 0.368 e. The van der Waals surface area contributed by atoms with E-state index in [2.05, 4.69) is 5.32 Å². The average molecular weight is 129 g/mol. The molecule has 52 valence electrons. The maximum absolute atomic E-state index is 10.5. The molecule has 0 aliphatic carbocycles. The molecule has 1 rings (SSSR count). The second-order valence-corrected chi connectivity index (χ2v) is 2.36. The van der Waals surface area contributed by atoms with Crippen molar-refractivity contribution in [2.24, 2.45) is 11.5 Å². The lowest BCUT2D eigenvalue weighted by atomic mass is 10.2. The molecule has 1 aliphatic heterocycles. The minimum Gasteiger partial charge on any atom is -0.368 e. The summed E-state index contributed by atoms with van der Waals surface area (Å²) in [4.78, 5) is 10.5. The number of amides is 1. The Bertz CT molecular complexity index is 125. The Hall–Kier alpha value is -0.610. The summed E-state index contributed by atoms with van der Waals surface area (Å²) >= 11 is 0. The molecule has 1 saturated heterocycles. The van der Waals surface area contributed by atoms with E-state index in [1.165, 1.54) is 0 Å².